The van der Waals surface area contributed by atoms with Crippen molar-refractivity contribution in [2.45, 2.75) is 46.8 Å². The first-order chi connectivity index (χ1) is 14.4. The molecule has 0 saturated carbocycles. The zero-order valence-corrected chi connectivity index (χ0v) is 18.5. The molecule has 0 saturated heterocycles. The van der Waals surface area contributed by atoms with Gasteiger partial charge in [-0.3, -0.25) is 9.59 Å². The molecule has 1 aromatic heterocycles. The Labute approximate surface area is 179 Å². The number of hydrogen-bond donors (Lipinski definition) is 0. The Morgan fingerprint density at radius 1 is 1.10 bits per heavy atom. The molecular formula is C23H26N2O4S. The van der Waals surface area contributed by atoms with E-state index >= 15 is 0 Å². The van der Waals surface area contributed by atoms with Gasteiger partial charge in [0.25, 0.3) is 5.91 Å². The summed E-state index contributed by atoms with van der Waals surface area (Å²) in [6.45, 7) is 8.06. The molecule has 0 atom stereocenters. The van der Waals surface area contributed by atoms with Crippen LogP contribution in [0.25, 0.3) is 10.2 Å². The van der Waals surface area contributed by atoms with Crippen molar-refractivity contribution in [2.75, 3.05) is 6.61 Å². The van der Waals surface area contributed by atoms with Crippen LogP contribution in [0.1, 0.15) is 43.6 Å². The molecule has 3 rings (SSSR count). The van der Waals surface area contributed by atoms with Gasteiger partial charge in [0.1, 0.15) is 12.3 Å². The van der Waals surface area contributed by atoms with Gasteiger partial charge in [-0.1, -0.05) is 24.3 Å². The highest BCUT2D eigenvalue weighted by Gasteiger charge is 2.13. The summed E-state index contributed by atoms with van der Waals surface area (Å²) >= 11 is 1.39. The SMILES string of the molecule is CCOC(=O)Cn1c(=NC(=O)c2ccc(OC(C)C)cc2)sc2cc(CC)ccc21. The number of aryl methyl sites for hydroxylation is 1. The molecule has 0 unspecified atom stereocenters. The molecule has 0 fully saturated rings. The molecule has 30 heavy (non-hydrogen) atoms. The van der Waals surface area contributed by atoms with Crippen molar-refractivity contribution < 1.29 is 19.1 Å². The van der Waals surface area contributed by atoms with E-state index in [0.29, 0.717) is 22.7 Å². The maximum Gasteiger partial charge on any atom is 0.326 e. The number of esters is 1. The van der Waals surface area contributed by atoms with Crippen LogP contribution in [0.15, 0.2) is 47.5 Å². The smallest absolute Gasteiger partial charge is 0.326 e. The molecule has 2 aromatic carbocycles. The van der Waals surface area contributed by atoms with Gasteiger partial charge in [-0.2, -0.15) is 4.99 Å². The fourth-order valence-electron chi connectivity index (χ4n) is 3.01. The average molecular weight is 427 g/mol. The highest BCUT2D eigenvalue weighted by atomic mass is 32.1. The molecule has 0 bridgehead atoms. The van der Waals surface area contributed by atoms with Gasteiger partial charge in [0.15, 0.2) is 4.80 Å². The number of thiazole rings is 1. The van der Waals surface area contributed by atoms with E-state index in [-0.39, 0.29) is 24.5 Å². The molecule has 6 nitrogen and oxygen atoms in total. The lowest BCUT2D eigenvalue weighted by molar-refractivity contribution is -0.143. The van der Waals surface area contributed by atoms with Crippen LogP contribution in [0.2, 0.25) is 0 Å². The summed E-state index contributed by atoms with van der Waals surface area (Å²) in [7, 11) is 0. The van der Waals surface area contributed by atoms with E-state index in [9.17, 15) is 9.59 Å². The summed E-state index contributed by atoms with van der Waals surface area (Å²) in [5, 5.41) is 0. The fourth-order valence-corrected chi connectivity index (χ4v) is 4.10. The third-order valence-corrected chi connectivity index (χ3v) is 5.46. The second kappa shape index (κ2) is 9.71. The summed E-state index contributed by atoms with van der Waals surface area (Å²) in [5.74, 6) is -0.0280. The monoisotopic (exact) mass is 426 g/mol. The quantitative estimate of drug-likeness (QED) is 0.527. The molecule has 1 heterocycles. The predicted octanol–water partition coefficient (Wildman–Crippen LogP) is 4.36. The molecule has 7 heteroatoms. The molecular weight excluding hydrogens is 400 g/mol. The van der Waals surface area contributed by atoms with Gasteiger partial charge in [0, 0.05) is 5.56 Å². The molecule has 0 aliphatic heterocycles. The Balaban J connectivity index is 2.00. The molecule has 1 amide bonds. The van der Waals surface area contributed by atoms with Gasteiger partial charge in [-0.05, 0) is 69.2 Å². The zero-order chi connectivity index (χ0) is 21.7. The number of fused-ring (bicyclic) bond motifs is 1. The number of benzene rings is 2. The van der Waals surface area contributed by atoms with Crippen molar-refractivity contribution in [1.29, 1.82) is 0 Å². The lowest BCUT2D eigenvalue weighted by atomic mass is 10.2. The van der Waals surface area contributed by atoms with E-state index in [4.69, 9.17) is 9.47 Å². The fraction of sp³-hybridized carbons (Fsp3) is 0.348. The number of aromatic nitrogens is 1. The van der Waals surface area contributed by atoms with E-state index < -0.39 is 0 Å². The Bertz CT molecular complexity index is 1110. The van der Waals surface area contributed by atoms with Crippen LogP contribution >= 0.6 is 11.3 Å². The summed E-state index contributed by atoms with van der Waals surface area (Å²) < 4.78 is 13.4. The number of hydrogen-bond acceptors (Lipinski definition) is 5. The van der Waals surface area contributed by atoms with Crippen molar-refractivity contribution in [3.63, 3.8) is 0 Å². The summed E-state index contributed by atoms with van der Waals surface area (Å²) in [6, 6.07) is 13.0. The Hall–Kier alpha value is -2.93. The minimum atomic E-state index is -0.369. The van der Waals surface area contributed by atoms with Crippen molar-refractivity contribution in [2.24, 2.45) is 4.99 Å². The highest BCUT2D eigenvalue weighted by Crippen LogP contribution is 2.20. The second-order valence-electron chi connectivity index (χ2n) is 7.04. The first kappa shape index (κ1) is 21.8. The van der Waals surface area contributed by atoms with Gasteiger partial charge >= 0.3 is 5.97 Å². The summed E-state index contributed by atoms with van der Waals surface area (Å²) in [6.07, 6.45) is 0.965. The van der Waals surface area contributed by atoms with Gasteiger partial charge in [-0.25, -0.2) is 0 Å². The minimum Gasteiger partial charge on any atom is -0.491 e. The molecule has 3 aromatic rings. The van der Waals surface area contributed by atoms with Crippen LogP contribution in [-0.4, -0.2) is 29.2 Å². The lowest BCUT2D eigenvalue weighted by Gasteiger charge is -2.09. The predicted molar refractivity (Wildman–Crippen MR) is 118 cm³/mol. The Morgan fingerprint density at radius 2 is 1.83 bits per heavy atom. The normalized spacial score (nSPS) is 11.8. The van der Waals surface area contributed by atoms with Crippen LogP contribution in [-0.2, 0) is 22.5 Å². The van der Waals surface area contributed by atoms with Gasteiger partial charge in [0.05, 0.1) is 22.9 Å². The van der Waals surface area contributed by atoms with Crippen molar-refractivity contribution in [3.8, 4) is 5.75 Å². The third-order valence-electron chi connectivity index (χ3n) is 4.42. The van der Waals surface area contributed by atoms with Crippen molar-refractivity contribution in [3.05, 3.63) is 58.4 Å². The van der Waals surface area contributed by atoms with Crippen molar-refractivity contribution >= 4 is 33.4 Å². The van der Waals surface area contributed by atoms with Gasteiger partial charge in [0.2, 0.25) is 0 Å². The molecule has 0 aliphatic rings. The minimum absolute atomic E-state index is 0.00654. The van der Waals surface area contributed by atoms with Crippen LogP contribution in [0, 0.1) is 0 Å². The zero-order valence-electron chi connectivity index (χ0n) is 17.7. The Morgan fingerprint density at radius 3 is 2.47 bits per heavy atom. The van der Waals surface area contributed by atoms with Gasteiger partial charge < -0.3 is 14.0 Å². The lowest BCUT2D eigenvalue weighted by Crippen LogP contribution is -2.23. The van der Waals surface area contributed by atoms with Crippen LogP contribution in [0.3, 0.4) is 0 Å². The molecule has 158 valence electrons. The van der Waals surface area contributed by atoms with E-state index in [0.717, 1.165) is 16.6 Å². The molecule has 0 aliphatic carbocycles. The average Bonchev–Trinajstić information content (AvgIpc) is 3.04. The first-order valence-electron chi connectivity index (χ1n) is 10.0. The summed E-state index contributed by atoms with van der Waals surface area (Å²) in [4.78, 5) is 29.7. The van der Waals surface area contributed by atoms with E-state index in [1.165, 1.54) is 16.9 Å². The van der Waals surface area contributed by atoms with Gasteiger partial charge in [-0.15, -0.1) is 0 Å². The third kappa shape index (κ3) is 5.16. The standard InChI is InChI=1S/C23H26N2O4S/c1-5-16-7-12-19-20(13-16)30-23(25(19)14-21(26)28-6-2)24-22(27)17-8-10-18(11-9-17)29-15(3)4/h7-13,15H,5-6,14H2,1-4H3. The van der Waals surface area contributed by atoms with E-state index in [2.05, 4.69) is 18.0 Å². The molecule has 0 radical (unpaired) electrons. The van der Waals surface area contributed by atoms with Crippen LogP contribution in [0.5, 0.6) is 5.75 Å². The number of nitrogens with zero attached hydrogens (tertiary/aromatic N) is 2. The van der Waals surface area contributed by atoms with E-state index in [1.807, 2.05) is 26.0 Å². The highest BCUT2D eigenvalue weighted by molar-refractivity contribution is 7.16. The maximum atomic E-state index is 12.8. The number of carbonyl (C=O) groups excluding carboxylic acids is 2. The number of ether oxygens (including phenoxy) is 2. The molecule has 0 spiro atoms. The summed E-state index contributed by atoms with van der Waals surface area (Å²) in [5.41, 5.74) is 2.50. The number of amides is 1. The molecule has 0 N–H and O–H groups in total. The maximum absolute atomic E-state index is 12.8. The first-order valence-corrected chi connectivity index (χ1v) is 10.9. The number of carbonyl (C=O) groups is 2. The van der Waals surface area contributed by atoms with Crippen LogP contribution < -0.4 is 9.54 Å². The second-order valence-corrected chi connectivity index (χ2v) is 8.05. The Kier molecular flexibility index (Phi) is 7.05. The van der Waals surface area contributed by atoms with Crippen molar-refractivity contribution in [1.82, 2.24) is 4.57 Å². The van der Waals surface area contributed by atoms with Crippen LogP contribution in [0.4, 0.5) is 0 Å². The topological polar surface area (TPSA) is 69.9 Å². The van der Waals surface area contributed by atoms with E-state index in [1.54, 1.807) is 35.8 Å². The number of rotatable bonds is 7. The largest absolute Gasteiger partial charge is 0.491 e.